The third-order valence-corrected chi connectivity index (χ3v) is 4.27. The van der Waals surface area contributed by atoms with Crippen molar-refractivity contribution in [1.29, 1.82) is 0 Å². The van der Waals surface area contributed by atoms with Crippen LogP contribution in [0, 0.1) is 0 Å². The Morgan fingerprint density at radius 1 is 0.955 bits per heavy atom. The maximum atomic E-state index is 11.7. The highest BCUT2D eigenvalue weighted by Crippen LogP contribution is 2.33. The summed E-state index contributed by atoms with van der Waals surface area (Å²) in [6, 6.07) is 11.8. The lowest BCUT2D eigenvalue weighted by molar-refractivity contribution is 0.108. The van der Waals surface area contributed by atoms with Crippen LogP contribution in [-0.2, 0) is 0 Å². The Bertz CT molecular complexity index is 908. The smallest absolute Gasteiger partial charge is 0.253 e. The second-order valence-corrected chi connectivity index (χ2v) is 6.18. The molecule has 110 valence electrons. The molecule has 0 aliphatic heterocycles. The molecule has 0 spiro atoms. The Hall–Kier alpha value is -1.32. The van der Waals surface area contributed by atoms with Gasteiger partial charge in [0.1, 0.15) is 0 Å². The van der Waals surface area contributed by atoms with Gasteiger partial charge in [-0.3, -0.25) is 4.79 Å². The summed E-state index contributed by atoms with van der Waals surface area (Å²) in [7, 11) is 0. The van der Waals surface area contributed by atoms with Gasteiger partial charge in [0.15, 0.2) is 0 Å². The highest BCUT2D eigenvalue weighted by Gasteiger charge is 2.15. The van der Waals surface area contributed by atoms with E-state index >= 15 is 0 Å². The molecule has 0 N–H and O–H groups in total. The van der Waals surface area contributed by atoms with E-state index in [1.165, 1.54) is 0 Å². The molecular weight excluding hydrogens is 364 g/mol. The van der Waals surface area contributed by atoms with Crippen LogP contribution < -0.4 is 0 Å². The van der Waals surface area contributed by atoms with E-state index < -0.39 is 5.24 Å². The van der Waals surface area contributed by atoms with Crippen molar-refractivity contribution in [3.8, 4) is 11.3 Å². The minimum Gasteiger partial charge on any atom is -0.276 e. The highest BCUT2D eigenvalue weighted by atomic mass is 35.5. The largest absolute Gasteiger partial charge is 0.276 e. The number of fused-ring (bicyclic) bond motifs is 1. The van der Waals surface area contributed by atoms with Crippen molar-refractivity contribution in [2.75, 3.05) is 0 Å². The van der Waals surface area contributed by atoms with Crippen LogP contribution in [-0.4, -0.2) is 10.2 Å². The maximum absolute atomic E-state index is 11.7. The van der Waals surface area contributed by atoms with Crippen molar-refractivity contribution >= 4 is 62.5 Å². The topological polar surface area (TPSA) is 30.0 Å². The Labute approximate surface area is 146 Å². The number of halogens is 4. The zero-order valence-corrected chi connectivity index (χ0v) is 13.9. The lowest BCUT2D eigenvalue weighted by atomic mass is 10.0. The molecule has 2 aromatic carbocycles. The first-order valence-corrected chi connectivity index (χ1v) is 7.73. The fraction of sp³-hybridized carbons (Fsp3) is 0. The van der Waals surface area contributed by atoms with Crippen LogP contribution in [0.5, 0.6) is 0 Å². The Kier molecular flexibility index (Phi) is 4.28. The molecule has 0 aliphatic rings. The fourth-order valence-electron chi connectivity index (χ4n) is 2.21. The normalized spacial score (nSPS) is 10.9. The SMILES string of the molecule is O=C(Cl)c1cc(-c2ccc(Cl)cc2Cl)nc2c(Cl)cccc12. The number of benzene rings is 2. The van der Waals surface area contributed by atoms with Gasteiger partial charge in [-0.05, 0) is 41.9 Å². The number of rotatable bonds is 2. The predicted molar refractivity (Wildman–Crippen MR) is 92.4 cm³/mol. The molecule has 1 aromatic heterocycles. The zero-order valence-electron chi connectivity index (χ0n) is 10.9. The summed E-state index contributed by atoms with van der Waals surface area (Å²) < 4.78 is 0. The van der Waals surface area contributed by atoms with E-state index in [9.17, 15) is 4.79 Å². The second-order valence-electron chi connectivity index (χ2n) is 4.59. The van der Waals surface area contributed by atoms with Gasteiger partial charge >= 0.3 is 0 Å². The molecule has 22 heavy (non-hydrogen) atoms. The molecule has 0 saturated carbocycles. The minimum absolute atomic E-state index is 0.329. The number of nitrogens with zero attached hydrogens (tertiary/aromatic N) is 1. The van der Waals surface area contributed by atoms with Crippen LogP contribution in [0.3, 0.4) is 0 Å². The van der Waals surface area contributed by atoms with Gasteiger partial charge in [0.2, 0.25) is 0 Å². The van der Waals surface area contributed by atoms with Crippen LogP contribution >= 0.6 is 46.4 Å². The van der Waals surface area contributed by atoms with Crippen LogP contribution in [0.1, 0.15) is 10.4 Å². The first kappa shape index (κ1) is 15.6. The third-order valence-electron chi connectivity index (χ3n) is 3.21. The molecule has 0 amide bonds. The van der Waals surface area contributed by atoms with Crippen molar-refractivity contribution in [3.63, 3.8) is 0 Å². The van der Waals surface area contributed by atoms with E-state index in [0.29, 0.717) is 42.8 Å². The summed E-state index contributed by atoms with van der Waals surface area (Å²) in [5.41, 5.74) is 1.98. The average molecular weight is 371 g/mol. The van der Waals surface area contributed by atoms with E-state index in [1.54, 1.807) is 42.5 Å². The summed E-state index contributed by atoms with van der Waals surface area (Å²) in [6.45, 7) is 0. The number of aromatic nitrogens is 1. The van der Waals surface area contributed by atoms with Gasteiger partial charge in [-0.2, -0.15) is 0 Å². The molecule has 0 unspecified atom stereocenters. The predicted octanol–water partition coefficient (Wildman–Crippen LogP) is 6.24. The van der Waals surface area contributed by atoms with Gasteiger partial charge in [0, 0.05) is 21.5 Å². The Balaban J connectivity index is 2.36. The molecule has 0 radical (unpaired) electrons. The third kappa shape index (κ3) is 2.80. The summed E-state index contributed by atoms with van der Waals surface area (Å²) in [6.07, 6.45) is 0. The van der Waals surface area contributed by atoms with E-state index in [1.807, 2.05) is 0 Å². The Morgan fingerprint density at radius 2 is 1.73 bits per heavy atom. The molecule has 0 bridgehead atoms. The molecule has 3 aromatic rings. The number of pyridine rings is 1. The molecule has 0 atom stereocenters. The molecule has 6 heteroatoms. The van der Waals surface area contributed by atoms with Gasteiger partial charge in [-0.25, -0.2) is 4.98 Å². The molecular formula is C16H7Cl4NO. The summed E-state index contributed by atoms with van der Waals surface area (Å²) >= 11 is 24.0. The zero-order chi connectivity index (χ0) is 15.9. The quantitative estimate of drug-likeness (QED) is 0.499. The number of carbonyl (C=O) groups excluding carboxylic acids is 1. The number of carbonyl (C=O) groups is 1. The number of hydrogen-bond donors (Lipinski definition) is 0. The van der Waals surface area contributed by atoms with Crippen molar-refractivity contribution in [2.45, 2.75) is 0 Å². The first-order valence-electron chi connectivity index (χ1n) is 6.22. The van der Waals surface area contributed by atoms with Crippen molar-refractivity contribution in [1.82, 2.24) is 4.98 Å². The molecule has 0 fully saturated rings. The minimum atomic E-state index is -0.582. The molecule has 3 rings (SSSR count). The van der Waals surface area contributed by atoms with Crippen LogP contribution in [0.4, 0.5) is 0 Å². The van der Waals surface area contributed by atoms with Gasteiger partial charge in [-0.15, -0.1) is 0 Å². The summed E-state index contributed by atoms with van der Waals surface area (Å²) in [4.78, 5) is 16.2. The standard InChI is InChI=1S/C16H7Cl4NO/c17-8-4-5-10(13(19)6-8)14-7-11(16(20)22)9-2-1-3-12(18)15(9)21-14/h1-7H. The second kappa shape index (κ2) is 6.05. The lowest BCUT2D eigenvalue weighted by Gasteiger charge is -2.09. The van der Waals surface area contributed by atoms with Crippen molar-refractivity contribution in [2.24, 2.45) is 0 Å². The highest BCUT2D eigenvalue weighted by molar-refractivity contribution is 6.68. The maximum Gasteiger partial charge on any atom is 0.253 e. The van der Waals surface area contributed by atoms with E-state index in [2.05, 4.69) is 4.98 Å². The summed E-state index contributed by atoms with van der Waals surface area (Å²) in [5, 5.41) is 1.39. The van der Waals surface area contributed by atoms with E-state index in [-0.39, 0.29) is 0 Å². The molecule has 2 nitrogen and oxygen atoms in total. The van der Waals surface area contributed by atoms with Gasteiger partial charge in [0.05, 0.1) is 21.3 Å². The van der Waals surface area contributed by atoms with Gasteiger partial charge < -0.3 is 0 Å². The van der Waals surface area contributed by atoms with Gasteiger partial charge in [-0.1, -0.05) is 46.9 Å². The fourth-order valence-corrected chi connectivity index (χ4v) is 3.09. The van der Waals surface area contributed by atoms with Crippen LogP contribution in [0.25, 0.3) is 22.2 Å². The monoisotopic (exact) mass is 369 g/mol. The van der Waals surface area contributed by atoms with E-state index in [0.717, 1.165) is 0 Å². The van der Waals surface area contributed by atoms with Crippen molar-refractivity contribution < 1.29 is 4.79 Å². The number of para-hydroxylation sites is 1. The van der Waals surface area contributed by atoms with Gasteiger partial charge in [0.25, 0.3) is 5.24 Å². The molecule has 1 heterocycles. The molecule has 0 aliphatic carbocycles. The Morgan fingerprint density at radius 3 is 2.41 bits per heavy atom. The van der Waals surface area contributed by atoms with Crippen molar-refractivity contribution in [3.05, 3.63) is 63.1 Å². The summed E-state index contributed by atoms with van der Waals surface area (Å²) in [5.74, 6) is 0. The van der Waals surface area contributed by atoms with Crippen LogP contribution in [0.2, 0.25) is 15.1 Å². The van der Waals surface area contributed by atoms with Crippen LogP contribution in [0.15, 0.2) is 42.5 Å². The van der Waals surface area contributed by atoms with E-state index in [4.69, 9.17) is 46.4 Å². The molecule has 0 saturated heterocycles. The average Bonchev–Trinajstić information content (AvgIpc) is 2.47. The number of hydrogen-bond acceptors (Lipinski definition) is 2. The lowest BCUT2D eigenvalue weighted by Crippen LogP contribution is -1.96. The first-order chi connectivity index (χ1) is 10.5.